The van der Waals surface area contributed by atoms with Crippen molar-refractivity contribution < 1.29 is 4.74 Å². The highest BCUT2D eigenvalue weighted by molar-refractivity contribution is 9.10. The van der Waals surface area contributed by atoms with Crippen molar-refractivity contribution >= 4 is 15.9 Å². The molecule has 1 nitrogen and oxygen atoms in total. The Morgan fingerprint density at radius 3 is 2.47 bits per heavy atom. The predicted molar refractivity (Wildman–Crippen MR) is 67.9 cm³/mol. The fraction of sp³-hybridized carbons (Fsp3) is 0.538. The molecule has 15 heavy (non-hydrogen) atoms. The van der Waals surface area contributed by atoms with Gasteiger partial charge in [-0.1, -0.05) is 54.2 Å². The van der Waals surface area contributed by atoms with Crippen LogP contribution in [0.15, 0.2) is 28.7 Å². The van der Waals surface area contributed by atoms with E-state index in [4.69, 9.17) is 4.74 Å². The highest BCUT2D eigenvalue weighted by Crippen LogP contribution is 2.11. The fourth-order valence-electron chi connectivity index (χ4n) is 1.40. The van der Waals surface area contributed by atoms with Crippen molar-refractivity contribution in [1.29, 1.82) is 0 Å². The van der Waals surface area contributed by atoms with Crippen LogP contribution in [-0.4, -0.2) is 6.61 Å². The summed E-state index contributed by atoms with van der Waals surface area (Å²) < 4.78 is 6.71. The molecule has 0 aliphatic heterocycles. The molecular weight excluding hydrogens is 252 g/mol. The van der Waals surface area contributed by atoms with E-state index in [2.05, 4.69) is 47.1 Å². The third-order valence-electron chi connectivity index (χ3n) is 2.32. The van der Waals surface area contributed by atoms with Crippen LogP contribution in [0.2, 0.25) is 0 Å². The maximum absolute atomic E-state index is 5.59. The molecule has 0 aliphatic rings. The number of unbranched alkanes of at least 4 members (excludes halogenated alkanes) is 3. The van der Waals surface area contributed by atoms with Crippen LogP contribution in [0, 0.1) is 0 Å². The first-order valence-electron chi connectivity index (χ1n) is 5.65. The van der Waals surface area contributed by atoms with E-state index >= 15 is 0 Å². The molecule has 0 spiro atoms. The van der Waals surface area contributed by atoms with Gasteiger partial charge in [-0.05, 0) is 24.1 Å². The van der Waals surface area contributed by atoms with Gasteiger partial charge in [-0.25, -0.2) is 0 Å². The van der Waals surface area contributed by atoms with Gasteiger partial charge in [-0.15, -0.1) is 0 Å². The molecule has 0 heterocycles. The van der Waals surface area contributed by atoms with E-state index in [-0.39, 0.29) is 0 Å². The minimum atomic E-state index is 0.736. The summed E-state index contributed by atoms with van der Waals surface area (Å²) in [6.07, 6.45) is 5.08. The van der Waals surface area contributed by atoms with E-state index in [1.807, 2.05) is 0 Å². The Hall–Kier alpha value is -0.340. The van der Waals surface area contributed by atoms with Crippen molar-refractivity contribution in [2.24, 2.45) is 0 Å². The van der Waals surface area contributed by atoms with Crippen LogP contribution in [-0.2, 0) is 11.3 Å². The quantitative estimate of drug-likeness (QED) is 0.661. The highest BCUT2D eigenvalue weighted by Gasteiger charge is 1.93. The highest BCUT2D eigenvalue weighted by atomic mass is 79.9. The molecular formula is C13H19BrO. The van der Waals surface area contributed by atoms with Crippen LogP contribution in [0.25, 0.3) is 0 Å². The Morgan fingerprint density at radius 2 is 1.80 bits per heavy atom. The summed E-state index contributed by atoms with van der Waals surface area (Å²) in [5.41, 5.74) is 1.24. The molecule has 0 atom stereocenters. The predicted octanol–water partition coefficient (Wildman–Crippen LogP) is 4.55. The van der Waals surface area contributed by atoms with Gasteiger partial charge >= 0.3 is 0 Å². The number of rotatable bonds is 7. The number of benzene rings is 1. The zero-order valence-corrected chi connectivity index (χ0v) is 10.9. The van der Waals surface area contributed by atoms with Crippen molar-refractivity contribution in [3.05, 3.63) is 34.3 Å². The van der Waals surface area contributed by atoms with Gasteiger partial charge in [0.1, 0.15) is 0 Å². The zero-order valence-electron chi connectivity index (χ0n) is 9.34. The van der Waals surface area contributed by atoms with Crippen LogP contribution in [0.4, 0.5) is 0 Å². The van der Waals surface area contributed by atoms with Crippen LogP contribution < -0.4 is 0 Å². The number of hydrogen-bond acceptors (Lipinski definition) is 1. The van der Waals surface area contributed by atoms with E-state index in [0.717, 1.165) is 17.7 Å². The maximum atomic E-state index is 5.59. The Morgan fingerprint density at radius 1 is 1.07 bits per heavy atom. The summed E-state index contributed by atoms with van der Waals surface area (Å²) in [5, 5.41) is 0. The van der Waals surface area contributed by atoms with Crippen molar-refractivity contribution in [3.8, 4) is 0 Å². The number of ether oxygens (including phenoxy) is 1. The third kappa shape index (κ3) is 5.95. The number of hydrogen-bond donors (Lipinski definition) is 0. The van der Waals surface area contributed by atoms with Crippen LogP contribution in [0.3, 0.4) is 0 Å². The third-order valence-corrected chi connectivity index (χ3v) is 2.85. The smallest absolute Gasteiger partial charge is 0.0716 e. The van der Waals surface area contributed by atoms with Gasteiger partial charge in [0.25, 0.3) is 0 Å². The van der Waals surface area contributed by atoms with E-state index in [0.29, 0.717) is 0 Å². The number of halogens is 1. The Balaban J connectivity index is 2.07. The van der Waals surface area contributed by atoms with E-state index in [9.17, 15) is 0 Å². The van der Waals surface area contributed by atoms with Gasteiger partial charge in [0.15, 0.2) is 0 Å². The maximum Gasteiger partial charge on any atom is 0.0716 e. The summed E-state index contributed by atoms with van der Waals surface area (Å²) in [4.78, 5) is 0. The lowest BCUT2D eigenvalue weighted by Crippen LogP contribution is -1.95. The first-order valence-corrected chi connectivity index (χ1v) is 6.44. The Bertz CT molecular complexity index is 256. The van der Waals surface area contributed by atoms with Crippen molar-refractivity contribution in [2.75, 3.05) is 6.61 Å². The molecule has 84 valence electrons. The lowest BCUT2D eigenvalue weighted by molar-refractivity contribution is 0.117. The van der Waals surface area contributed by atoms with Crippen LogP contribution in [0.1, 0.15) is 38.2 Å². The zero-order chi connectivity index (χ0) is 10.9. The summed E-state index contributed by atoms with van der Waals surface area (Å²) in [6, 6.07) is 8.29. The monoisotopic (exact) mass is 270 g/mol. The summed E-state index contributed by atoms with van der Waals surface area (Å²) in [6.45, 7) is 3.85. The lowest BCUT2D eigenvalue weighted by atomic mass is 10.2. The summed E-state index contributed by atoms with van der Waals surface area (Å²) in [7, 11) is 0. The molecule has 0 saturated heterocycles. The molecule has 0 bridgehead atoms. The molecule has 0 unspecified atom stereocenters. The first kappa shape index (κ1) is 12.7. The normalized spacial score (nSPS) is 10.5. The minimum Gasteiger partial charge on any atom is -0.377 e. The molecule has 0 saturated carbocycles. The van der Waals surface area contributed by atoms with Gasteiger partial charge in [-0.3, -0.25) is 0 Å². The molecule has 0 fully saturated rings. The molecule has 1 rings (SSSR count). The van der Waals surface area contributed by atoms with Crippen molar-refractivity contribution in [3.63, 3.8) is 0 Å². The second-order valence-electron chi connectivity index (χ2n) is 3.74. The fourth-order valence-corrected chi connectivity index (χ4v) is 1.67. The van der Waals surface area contributed by atoms with Gasteiger partial charge in [0, 0.05) is 11.1 Å². The first-order chi connectivity index (χ1) is 7.33. The lowest BCUT2D eigenvalue weighted by Gasteiger charge is -2.04. The molecule has 0 aromatic heterocycles. The second-order valence-corrected chi connectivity index (χ2v) is 4.66. The minimum absolute atomic E-state index is 0.736. The second kappa shape index (κ2) is 7.89. The largest absolute Gasteiger partial charge is 0.377 e. The molecule has 0 amide bonds. The van der Waals surface area contributed by atoms with Crippen LogP contribution in [0.5, 0.6) is 0 Å². The van der Waals surface area contributed by atoms with E-state index < -0.39 is 0 Å². The molecule has 0 radical (unpaired) electrons. The standard InChI is InChI=1S/C13H19BrO/c1-2-3-4-5-10-15-11-12-6-8-13(14)9-7-12/h6-9H,2-5,10-11H2,1H3. The van der Waals surface area contributed by atoms with Crippen molar-refractivity contribution in [2.45, 2.75) is 39.2 Å². The topological polar surface area (TPSA) is 9.23 Å². The summed E-state index contributed by atoms with van der Waals surface area (Å²) >= 11 is 3.41. The van der Waals surface area contributed by atoms with Crippen molar-refractivity contribution in [1.82, 2.24) is 0 Å². The molecule has 0 aliphatic carbocycles. The SMILES string of the molecule is CCCCCCOCc1ccc(Br)cc1. The average Bonchev–Trinajstić information content (AvgIpc) is 2.26. The average molecular weight is 271 g/mol. The molecule has 0 N–H and O–H groups in total. The van der Waals surface area contributed by atoms with E-state index in [1.165, 1.54) is 31.2 Å². The van der Waals surface area contributed by atoms with E-state index in [1.54, 1.807) is 0 Å². The summed E-state index contributed by atoms with van der Waals surface area (Å²) in [5.74, 6) is 0. The van der Waals surface area contributed by atoms with Gasteiger partial charge < -0.3 is 4.74 Å². The Labute approximate surface area is 101 Å². The molecule has 1 aromatic rings. The van der Waals surface area contributed by atoms with Gasteiger partial charge in [-0.2, -0.15) is 0 Å². The molecule has 2 heteroatoms. The van der Waals surface area contributed by atoms with Gasteiger partial charge in [0.05, 0.1) is 6.61 Å². The van der Waals surface area contributed by atoms with Crippen LogP contribution >= 0.6 is 15.9 Å². The van der Waals surface area contributed by atoms with Gasteiger partial charge in [0.2, 0.25) is 0 Å². The Kier molecular flexibility index (Phi) is 6.69. The molecule has 1 aromatic carbocycles.